The maximum atomic E-state index is 12.9. The van der Waals surface area contributed by atoms with Gasteiger partial charge in [0.05, 0.1) is 12.8 Å². The van der Waals surface area contributed by atoms with Crippen LogP contribution in [-0.4, -0.2) is 32.5 Å². The van der Waals surface area contributed by atoms with Crippen LogP contribution in [0.5, 0.6) is 5.75 Å². The highest BCUT2D eigenvalue weighted by Crippen LogP contribution is 2.42. The summed E-state index contributed by atoms with van der Waals surface area (Å²) >= 11 is 1.25. The molecule has 1 fully saturated rings. The van der Waals surface area contributed by atoms with Gasteiger partial charge in [-0.15, -0.1) is 11.3 Å². The van der Waals surface area contributed by atoms with E-state index in [1.54, 1.807) is 28.9 Å². The van der Waals surface area contributed by atoms with Gasteiger partial charge in [-0.25, -0.2) is 8.42 Å². The standard InChI is InChI=1S/C17H18N2O3S2/c1-11-5-6-14(22-2)16-13(11)10-12-7-8-19(17(12)18-16)24(20,21)15-4-3-9-23-15/h3-6,9-10,17-18H,7-8H2,1-2H3. The minimum atomic E-state index is -3.49. The van der Waals surface area contributed by atoms with Gasteiger partial charge in [0.25, 0.3) is 10.0 Å². The number of nitrogens with one attached hydrogen (secondary N) is 1. The first-order valence-corrected chi connectivity index (χ1v) is 10.0. The Morgan fingerprint density at radius 2 is 2.17 bits per heavy atom. The van der Waals surface area contributed by atoms with Crippen molar-refractivity contribution in [3.63, 3.8) is 0 Å². The zero-order valence-electron chi connectivity index (χ0n) is 13.4. The average molecular weight is 362 g/mol. The van der Waals surface area contributed by atoms with Crippen LogP contribution >= 0.6 is 11.3 Å². The molecule has 24 heavy (non-hydrogen) atoms. The SMILES string of the molecule is COc1ccc(C)c2c1NC1C(=C2)CCN1S(=O)(=O)c1cccs1. The van der Waals surface area contributed by atoms with Gasteiger partial charge < -0.3 is 10.1 Å². The molecule has 5 nitrogen and oxygen atoms in total. The summed E-state index contributed by atoms with van der Waals surface area (Å²) in [6, 6.07) is 7.35. The molecule has 1 atom stereocenters. The number of sulfonamides is 1. The fourth-order valence-electron chi connectivity index (χ4n) is 3.32. The van der Waals surface area contributed by atoms with Crippen LogP contribution < -0.4 is 10.1 Å². The van der Waals surface area contributed by atoms with E-state index in [-0.39, 0.29) is 6.17 Å². The van der Waals surface area contributed by atoms with Crippen molar-refractivity contribution >= 4 is 33.1 Å². The quantitative estimate of drug-likeness (QED) is 0.910. The number of fused-ring (bicyclic) bond motifs is 2. The van der Waals surface area contributed by atoms with E-state index in [1.807, 2.05) is 19.1 Å². The van der Waals surface area contributed by atoms with Crippen LogP contribution in [0, 0.1) is 6.92 Å². The minimum Gasteiger partial charge on any atom is -0.495 e. The van der Waals surface area contributed by atoms with Gasteiger partial charge in [-0.3, -0.25) is 0 Å². The van der Waals surface area contributed by atoms with Gasteiger partial charge in [0, 0.05) is 12.1 Å². The second-order valence-electron chi connectivity index (χ2n) is 5.94. The third kappa shape index (κ3) is 2.27. The second-order valence-corrected chi connectivity index (χ2v) is 9.00. The molecule has 126 valence electrons. The van der Waals surface area contributed by atoms with Crippen molar-refractivity contribution in [1.29, 1.82) is 0 Å². The second kappa shape index (κ2) is 5.61. The van der Waals surface area contributed by atoms with E-state index in [1.165, 1.54) is 11.3 Å². The van der Waals surface area contributed by atoms with E-state index in [0.717, 1.165) is 34.6 Å². The summed E-state index contributed by atoms with van der Waals surface area (Å²) in [4.78, 5) is 0. The first-order chi connectivity index (χ1) is 11.5. The van der Waals surface area contributed by atoms with Gasteiger partial charge in [0.15, 0.2) is 0 Å². The Morgan fingerprint density at radius 3 is 2.88 bits per heavy atom. The molecule has 2 aliphatic rings. The summed E-state index contributed by atoms with van der Waals surface area (Å²) in [6.07, 6.45) is 2.50. The summed E-state index contributed by atoms with van der Waals surface area (Å²) in [5.74, 6) is 0.728. The lowest BCUT2D eigenvalue weighted by molar-refractivity contribution is 0.409. The number of benzene rings is 1. The van der Waals surface area contributed by atoms with Crippen molar-refractivity contribution in [1.82, 2.24) is 4.31 Å². The van der Waals surface area contributed by atoms with Crippen LogP contribution in [0.4, 0.5) is 5.69 Å². The van der Waals surface area contributed by atoms with E-state index in [4.69, 9.17) is 4.74 Å². The van der Waals surface area contributed by atoms with E-state index < -0.39 is 10.0 Å². The number of rotatable bonds is 3. The van der Waals surface area contributed by atoms with Crippen LogP contribution in [0.2, 0.25) is 0 Å². The molecule has 2 aliphatic heterocycles. The zero-order chi connectivity index (χ0) is 16.9. The third-order valence-electron chi connectivity index (χ3n) is 4.57. The van der Waals surface area contributed by atoms with Crippen molar-refractivity contribution < 1.29 is 13.2 Å². The van der Waals surface area contributed by atoms with Crippen LogP contribution in [0.1, 0.15) is 17.5 Å². The van der Waals surface area contributed by atoms with Crippen LogP contribution in [0.3, 0.4) is 0 Å². The molecule has 0 saturated carbocycles. The van der Waals surface area contributed by atoms with Crippen molar-refractivity contribution in [2.45, 2.75) is 23.7 Å². The average Bonchev–Trinajstić information content (AvgIpc) is 3.24. The number of anilines is 1. The molecule has 0 radical (unpaired) electrons. The van der Waals surface area contributed by atoms with Crippen molar-refractivity contribution in [3.8, 4) is 5.75 Å². The maximum Gasteiger partial charge on any atom is 0.254 e. The van der Waals surface area contributed by atoms with E-state index in [9.17, 15) is 8.42 Å². The van der Waals surface area contributed by atoms with E-state index >= 15 is 0 Å². The molecule has 1 aromatic carbocycles. The molecule has 0 spiro atoms. The lowest BCUT2D eigenvalue weighted by Crippen LogP contribution is -2.41. The molecular formula is C17H18N2O3S2. The first kappa shape index (κ1) is 15.7. The number of ether oxygens (including phenoxy) is 1. The highest BCUT2D eigenvalue weighted by Gasteiger charge is 2.41. The maximum absolute atomic E-state index is 12.9. The summed E-state index contributed by atoms with van der Waals surface area (Å²) in [7, 11) is -1.86. The summed E-state index contributed by atoms with van der Waals surface area (Å²) in [5, 5.41) is 5.18. The van der Waals surface area contributed by atoms with Crippen molar-refractivity contribution in [2.75, 3.05) is 19.0 Å². The molecular weight excluding hydrogens is 344 g/mol. The molecule has 0 amide bonds. The number of nitrogens with zero attached hydrogens (tertiary/aromatic N) is 1. The molecule has 1 aromatic heterocycles. The summed E-state index contributed by atoms with van der Waals surface area (Å²) in [6.45, 7) is 2.53. The van der Waals surface area contributed by atoms with Crippen LogP contribution in [-0.2, 0) is 10.0 Å². The lowest BCUT2D eigenvalue weighted by Gasteiger charge is -2.31. The number of hydrogen-bond donors (Lipinski definition) is 1. The Balaban J connectivity index is 1.77. The first-order valence-electron chi connectivity index (χ1n) is 7.72. The fourth-order valence-corrected chi connectivity index (χ4v) is 5.99. The van der Waals surface area contributed by atoms with Crippen LogP contribution in [0.25, 0.3) is 6.08 Å². The molecule has 3 heterocycles. The Bertz CT molecular complexity index is 918. The molecule has 2 aromatic rings. The highest BCUT2D eigenvalue weighted by molar-refractivity contribution is 7.91. The molecule has 0 aliphatic carbocycles. The number of aryl methyl sites for hydroxylation is 1. The number of methoxy groups -OCH3 is 1. The largest absolute Gasteiger partial charge is 0.495 e. The van der Waals surface area contributed by atoms with Crippen LogP contribution in [0.15, 0.2) is 39.4 Å². The van der Waals surface area contributed by atoms with Gasteiger partial charge in [0.1, 0.15) is 16.1 Å². The van der Waals surface area contributed by atoms with Gasteiger partial charge in [0.2, 0.25) is 0 Å². The van der Waals surface area contributed by atoms with Gasteiger partial charge >= 0.3 is 0 Å². The van der Waals surface area contributed by atoms with Crippen molar-refractivity contribution in [3.05, 3.63) is 46.3 Å². The van der Waals surface area contributed by atoms with Gasteiger partial charge in [-0.2, -0.15) is 4.31 Å². The lowest BCUT2D eigenvalue weighted by atomic mass is 9.97. The summed E-state index contributed by atoms with van der Waals surface area (Å²) in [5.41, 5.74) is 4.18. The topological polar surface area (TPSA) is 58.6 Å². The van der Waals surface area contributed by atoms with Gasteiger partial charge in [-0.1, -0.05) is 12.1 Å². The molecule has 1 N–H and O–H groups in total. The Kier molecular flexibility index (Phi) is 3.67. The van der Waals surface area contributed by atoms with E-state index in [0.29, 0.717) is 10.8 Å². The molecule has 0 bridgehead atoms. The monoisotopic (exact) mass is 362 g/mol. The minimum absolute atomic E-state index is 0.347. The van der Waals surface area contributed by atoms with Crippen molar-refractivity contribution in [2.24, 2.45) is 0 Å². The Labute approximate surface area is 145 Å². The van der Waals surface area contributed by atoms with Gasteiger partial charge in [-0.05, 0) is 48.1 Å². The van der Waals surface area contributed by atoms with E-state index in [2.05, 4.69) is 11.4 Å². The molecule has 7 heteroatoms. The normalized spacial score (nSPS) is 20.1. The number of hydrogen-bond acceptors (Lipinski definition) is 5. The third-order valence-corrected chi connectivity index (χ3v) is 7.81. The Morgan fingerprint density at radius 1 is 1.33 bits per heavy atom. The number of thiophene rings is 1. The predicted molar refractivity (Wildman–Crippen MR) is 95.9 cm³/mol. The fraction of sp³-hybridized carbons (Fsp3) is 0.294. The smallest absolute Gasteiger partial charge is 0.254 e. The highest BCUT2D eigenvalue weighted by atomic mass is 32.2. The zero-order valence-corrected chi connectivity index (χ0v) is 15.1. The molecule has 1 saturated heterocycles. The predicted octanol–water partition coefficient (Wildman–Crippen LogP) is 3.29. The Hall–Kier alpha value is -1.83. The summed E-state index contributed by atoms with van der Waals surface area (Å²) < 4.78 is 33.2. The molecule has 4 rings (SSSR count). The molecule has 1 unspecified atom stereocenters.